The van der Waals surface area contributed by atoms with Crippen molar-refractivity contribution in [2.24, 2.45) is 5.92 Å². The summed E-state index contributed by atoms with van der Waals surface area (Å²) in [6, 6.07) is 9.02. The topological polar surface area (TPSA) is 3.24 Å². The van der Waals surface area contributed by atoms with E-state index in [2.05, 4.69) is 45.0 Å². The van der Waals surface area contributed by atoms with Gasteiger partial charge in [0.15, 0.2) is 0 Å². The molecule has 0 saturated heterocycles. The lowest BCUT2D eigenvalue weighted by Gasteiger charge is -2.51. The van der Waals surface area contributed by atoms with Crippen LogP contribution in [0.5, 0.6) is 0 Å². The summed E-state index contributed by atoms with van der Waals surface area (Å²) in [7, 11) is 4.42. The molecule has 2 rings (SSSR count). The molecule has 1 nitrogen and oxygen atoms in total. The van der Waals surface area contributed by atoms with E-state index in [-0.39, 0.29) is 5.41 Å². The molecule has 1 aliphatic rings. The minimum atomic E-state index is 0.270. The Balaban J connectivity index is 2.38. The second kappa shape index (κ2) is 5.85. The molecule has 19 heavy (non-hydrogen) atoms. The Morgan fingerprint density at radius 1 is 1.21 bits per heavy atom. The molecule has 0 bridgehead atoms. The quantitative estimate of drug-likeness (QED) is 0.753. The van der Waals surface area contributed by atoms with Crippen LogP contribution in [0.25, 0.3) is 0 Å². The summed E-state index contributed by atoms with van der Waals surface area (Å²) < 4.78 is 0. The van der Waals surface area contributed by atoms with Gasteiger partial charge in [0.05, 0.1) is 0 Å². The van der Waals surface area contributed by atoms with Gasteiger partial charge >= 0.3 is 0 Å². The molecule has 1 aromatic carbocycles. The van der Waals surface area contributed by atoms with Gasteiger partial charge in [0, 0.05) is 16.5 Å². The molecule has 0 spiro atoms. The third-order valence-electron chi connectivity index (χ3n) is 4.61. The Labute approximate surface area is 123 Å². The van der Waals surface area contributed by atoms with Crippen molar-refractivity contribution < 1.29 is 0 Å². The maximum Gasteiger partial charge on any atom is 0.0444 e. The van der Waals surface area contributed by atoms with Crippen LogP contribution in [0.1, 0.15) is 45.1 Å². The first kappa shape index (κ1) is 14.9. The van der Waals surface area contributed by atoms with Crippen molar-refractivity contribution in [2.75, 3.05) is 14.1 Å². The molecule has 1 aromatic rings. The fraction of sp³-hybridized carbons (Fsp3) is 0.647. The lowest BCUT2D eigenvalue weighted by Crippen LogP contribution is -2.52. The fourth-order valence-electron chi connectivity index (χ4n) is 3.58. The van der Waals surface area contributed by atoms with Gasteiger partial charge < -0.3 is 4.90 Å². The minimum Gasteiger partial charge on any atom is -0.306 e. The molecule has 1 aliphatic carbocycles. The molecular weight excluding hydrogens is 254 g/mol. The largest absolute Gasteiger partial charge is 0.306 e. The maximum absolute atomic E-state index is 6.49. The predicted octanol–water partition coefficient (Wildman–Crippen LogP) is 4.74. The van der Waals surface area contributed by atoms with Crippen LogP contribution >= 0.6 is 11.6 Å². The summed E-state index contributed by atoms with van der Waals surface area (Å²) in [6.45, 7) is 4.63. The van der Waals surface area contributed by atoms with E-state index in [4.69, 9.17) is 11.6 Å². The van der Waals surface area contributed by atoms with E-state index in [0.717, 1.165) is 5.02 Å². The maximum atomic E-state index is 6.49. The molecule has 1 atom stereocenters. The summed E-state index contributed by atoms with van der Waals surface area (Å²) in [6.07, 6.45) is 5.10. The van der Waals surface area contributed by atoms with Gasteiger partial charge in [-0.3, -0.25) is 0 Å². The lowest BCUT2D eigenvalue weighted by molar-refractivity contribution is 0.0809. The molecule has 2 heteroatoms. The number of rotatable bonds is 5. The average Bonchev–Trinajstić information content (AvgIpc) is 2.28. The summed E-state index contributed by atoms with van der Waals surface area (Å²) in [5.74, 6) is 0.715. The first-order valence-electron chi connectivity index (χ1n) is 7.39. The Bertz CT molecular complexity index is 421. The lowest BCUT2D eigenvalue weighted by atomic mass is 9.58. The number of benzene rings is 1. The van der Waals surface area contributed by atoms with Gasteiger partial charge in [-0.1, -0.05) is 50.1 Å². The van der Waals surface area contributed by atoms with Crippen LogP contribution in [0.3, 0.4) is 0 Å². The van der Waals surface area contributed by atoms with Crippen LogP contribution in [0.15, 0.2) is 24.3 Å². The summed E-state index contributed by atoms with van der Waals surface area (Å²) >= 11 is 6.49. The van der Waals surface area contributed by atoms with Gasteiger partial charge in [-0.2, -0.15) is 0 Å². The first-order chi connectivity index (χ1) is 8.97. The van der Waals surface area contributed by atoms with Crippen molar-refractivity contribution in [2.45, 2.75) is 51.0 Å². The highest BCUT2D eigenvalue weighted by atomic mass is 35.5. The van der Waals surface area contributed by atoms with E-state index in [1.807, 2.05) is 12.1 Å². The van der Waals surface area contributed by atoms with E-state index < -0.39 is 0 Å². The third kappa shape index (κ3) is 2.83. The highest BCUT2D eigenvalue weighted by molar-refractivity contribution is 6.31. The second-order valence-corrected chi connectivity index (χ2v) is 7.01. The van der Waals surface area contributed by atoms with Crippen LogP contribution in [0.4, 0.5) is 0 Å². The summed E-state index contributed by atoms with van der Waals surface area (Å²) in [4.78, 5) is 2.41. The Hall–Kier alpha value is -0.530. The number of hydrogen-bond donors (Lipinski definition) is 0. The van der Waals surface area contributed by atoms with Crippen molar-refractivity contribution in [3.05, 3.63) is 34.9 Å². The van der Waals surface area contributed by atoms with E-state index in [1.165, 1.54) is 31.2 Å². The summed E-state index contributed by atoms with van der Waals surface area (Å²) in [5.41, 5.74) is 1.63. The van der Waals surface area contributed by atoms with E-state index in [0.29, 0.717) is 12.0 Å². The van der Waals surface area contributed by atoms with Crippen molar-refractivity contribution in [3.8, 4) is 0 Å². The fourth-order valence-corrected chi connectivity index (χ4v) is 3.91. The smallest absolute Gasteiger partial charge is 0.0444 e. The molecule has 0 N–H and O–H groups in total. The Kier molecular flexibility index (Phi) is 4.58. The van der Waals surface area contributed by atoms with Gasteiger partial charge in [-0.05, 0) is 50.9 Å². The molecule has 0 aromatic heterocycles. The zero-order valence-electron chi connectivity index (χ0n) is 12.6. The van der Waals surface area contributed by atoms with E-state index >= 15 is 0 Å². The van der Waals surface area contributed by atoms with Gasteiger partial charge in [0.1, 0.15) is 0 Å². The minimum absolute atomic E-state index is 0.270. The van der Waals surface area contributed by atoms with Gasteiger partial charge in [0.2, 0.25) is 0 Å². The highest BCUT2D eigenvalue weighted by Crippen LogP contribution is 2.51. The summed E-state index contributed by atoms with van der Waals surface area (Å²) in [5, 5.41) is 0.942. The Morgan fingerprint density at radius 2 is 1.84 bits per heavy atom. The van der Waals surface area contributed by atoms with E-state index in [9.17, 15) is 0 Å². The molecule has 0 radical (unpaired) electrons. The van der Waals surface area contributed by atoms with Crippen LogP contribution in [0, 0.1) is 5.92 Å². The number of hydrogen-bond acceptors (Lipinski definition) is 1. The van der Waals surface area contributed by atoms with Crippen LogP contribution in [-0.2, 0) is 5.41 Å². The third-order valence-corrected chi connectivity index (χ3v) is 4.94. The first-order valence-corrected chi connectivity index (χ1v) is 7.76. The molecule has 1 unspecified atom stereocenters. The van der Waals surface area contributed by atoms with Crippen LogP contribution in [-0.4, -0.2) is 25.0 Å². The van der Waals surface area contributed by atoms with E-state index in [1.54, 1.807) is 0 Å². The molecular formula is C17H26ClN. The van der Waals surface area contributed by atoms with Gasteiger partial charge in [-0.25, -0.2) is 0 Å². The van der Waals surface area contributed by atoms with Crippen LogP contribution < -0.4 is 0 Å². The molecule has 1 saturated carbocycles. The molecule has 0 heterocycles. The number of halogens is 1. The van der Waals surface area contributed by atoms with Crippen molar-refractivity contribution in [1.29, 1.82) is 0 Å². The standard InChI is InChI=1S/C17H26ClN/c1-13(2)12-16(19(3)4)17(10-7-11-17)14-8-5-6-9-15(14)18/h5-6,8-9,13,16H,7,10-12H2,1-4H3. The Morgan fingerprint density at radius 3 is 2.26 bits per heavy atom. The van der Waals surface area contributed by atoms with Gasteiger partial charge in [0.25, 0.3) is 0 Å². The molecule has 0 amide bonds. The molecule has 1 fully saturated rings. The zero-order valence-corrected chi connectivity index (χ0v) is 13.4. The average molecular weight is 280 g/mol. The number of likely N-dealkylation sites (N-methyl/N-ethyl adjacent to an activating group) is 1. The van der Waals surface area contributed by atoms with Gasteiger partial charge in [-0.15, -0.1) is 0 Å². The number of nitrogens with zero attached hydrogens (tertiary/aromatic N) is 1. The highest BCUT2D eigenvalue weighted by Gasteiger charge is 2.47. The van der Waals surface area contributed by atoms with Crippen LogP contribution in [0.2, 0.25) is 5.02 Å². The molecule has 106 valence electrons. The monoisotopic (exact) mass is 279 g/mol. The van der Waals surface area contributed by atoms with Crippen molar-refractivity contribution >= 4 is 11.6 Å². The zero-order chi connectivity index (χ0) is 14.0. The normalized spacial score (nSPS) is 19.5. The van der Waals surface area contributed by atoms with Crippen molar-refractivity contribution in [3.63, 3.8) is 0 Å². The van der Waals surface area contributed by atoms with Crippen molar-refractivity contribution in [1.82, 2.24) is 4.90 Å². The molecule has 0 aliphatic heterocycles. The second-order valence-electron chi connectivity index (χ2n) is 6.60. The SMILES string of the molecule is CC(C)CC(N(C)C)C1(c2ccccc2Cl)CCC1. The predicted molar refractivity (Wildman–Crippen MR) is 83.9 cm³/mol.